The number of halogens is 1. The fourth-order valence-electron chi connectivity index (χ4n) is 6.32. The lowest BCUT2D eigenvalue weighted by Gasteiger charge is -2.33. The molecule has 37 heavy (non-hydrogen) atoms. The third kappa shape index (κ3) is 6.51. The van der Waals surface area contributed by atoms with Gasteiger partial charge in [-0.05, 0) is 74.4 Å². The van der Waals surface area contributed by atoms with E-state index in [4.69, 9.17) is 22.2 Å². The number of aromatic nitrogens is 2. The van der Waals surface area contributed by atoms with Crippen LogP contribution in [0.25, 0.3) is 0 Å². The summed E-state index contributed by atoms with van der Waals surface area (Å²) in [5.74, 6) is 3.02. The number of piperidine rings is 1. The van der Waals surface area contributed by atoms with Crippen LogP contribution in [0.15, 0.2) is 30.3 Å². The number of benzene rings is 1. The molecule has 3 heterocycles. The molecule has 8 heteroatoms. The fourth-order valence-corrected chi connectivity index (χ4v) is 6.48. The second-order valence-corrected chi connectivity index (χ2v) is 11.7. The van der Waals surface area contributed by atoms with Gasteiger partial charge in [0.05, 0.1) is 0 Å². The average Bonchev–Trinajstić information content (AvgIpc) is 3.22. The Kier molecular flexibility index (Phi) is 8.43. The van der Waals surface area contributed by atoms with Gasteiger partial charge < -0.3 is 20.4 Å². The summed E-state index contributed by atoms with van der Waals surface area (Å²) in [6, 6.07) is 9.16. The normalized spacial score (nSPS) is 21.9. The predicted octanol–water partition coefficient (Wildman–Crippen LogP) is 6.03. The van der Waals surface area contributed by atoms with E-state index in [1.807, 2.05) is 12.1 Å². The minimum absolute atomic E-state index is 0.0245. The summed E-state index contributed by atoms with van der Waals surface area (Å²) in [6.07, 6.45) is 11.9. The van der Waals surface area contributed by atoms with Crippen LogP contribution < -0.4 is 20.4 Å². The molecule has 2 N–H and O–H groups in total. The van der Waals surface area contributed by atoms with Crippen molar-refractivity contribution in [2.75, 3.05) is 47.8 Å². The molecule has 2 saturated heterocycles. The van der Waals surface area contributed by atoms with E-state index in [-0.39, 0.29) is 11.2 Å². The van der Waals surface area contributed by atoms with Gasteiger partial charge in [-0.2, -0.15) is 9.97 Å². The van der Waals surface area contributed by atoms with Crippen LogP contribution in [0.4, 0.5) is 22.0 Å². The molecule has 2 aliphatic heterocycles. The molecule has 1 saturated carbocycles. The van der Waals surface area contributed by atoms with E-state index in [1.165, 1.54) is 56.9 Å². The standard InChI is InChI=1S/C29H41FN6S/c1-22-9-8-18-36(20-22)26-19-25(35-16-6-2-3-7-17-35)32-27(33-26)34-28(37)31-21-29(14-4-5-15-29)23-10-12-24(30)13-11-23/h10-13,19,22H,2-9,14-18,20-21H2,1H3,(H2,31,32,33,34,37)/t22-/m1/s1. The van der Waals surface area contributed by atoms with Crippen LogP contribution in [0.2, 0.25) is 0 Å². The van der Waals surface area contributed by atoms with Crippen molar-refractivity contribution >= 4 is 34.9 Å². The van der Waals surface area contributed by atoms with Crippen molar-refractivity contribution in [2.45, 2.75) is 76.5 Å². The zero-order chi connectivity index (χ0) is 25.7. The third-order valence-corrected chi connectivity index (χ3v) is 8.69. The van der Waals surface area contributed by atoms with E-state index in [2.05, 4.69) is 33.4 Å². The van der Waals surface area contributed by atoms with Gasteiger partial charge >= 0.3 is 0 Å². The molecule has 2 aromatic rings. The van der Waals surface area contributed by atoms with Gasteiger partial charge in [-0.15, -0.1) is 0 Å². The molecule has 1 atom stereocenters. The third-order valence-electron chi connectivity index (χ3n) is 8.44. The van der Waals surface area contributed by atoms with Crippen LogP contribution in [0.5, 0.6) is 0 Å². The van der Waals surface area contributed by atoms with E-state index in [1.54, 1.807) is 12.1 Å². The lowest BCUT2D eigenvalue weighted by Crippen LogP contribution is -2.41. The maximum Gasteiger partial charge on any atom is 0.232 e. The topological polar surface area (TPSA) is 56.3 Å². The maximum atomic E-state index is 13.6. The molecule has 3 fully saturated rings. The predicted molar refractivity (Wildman–Crippen MR) is 154 cm³/mol. The van der Waals surface area contributed by atoms with Crippen molar-refractivity contribution < 1.29 is 4.39 Å². The fraction of sp³-hybridized carbons (Fsp3) is 0.621. The number of hydrogen-bond acceptors (Lipinski definition) is 5. The lowest BCUT2D eigenvalue weighted by molar-refractivity contribution is 0.434. The first-order valence-electron chi connectivity index (χ1n) is 14.2. The Morgan fingerprint density at radius 1 is 0.946 bits per heavy atom. The van der Waals surface area contributed by atoms with Gasteiger partial charge in [-0.25, -0.2) is 4.39 Å². The van der Waals surface area contributed by atoms with Crippen molar-refractivity contribution in [1.82, 2.24) is 15.3 Å². The molecule has 0 radical (unpaired) electrons. The van der Waals surface area contributed by atoms with Crippen LogP contribution in [0, 0.1) is 11.7 Å². The van der Waals surface area contributed by atoms with Crippen molar-refractivity contribution in [2.24, 2.45) is 5.92 Å². The molecule has 0 unspecified atom stereocenters. The molecule has 200 valence electrons. The zero-order valence-electron chi connectivity index (χ0n) is 22.1. The van der Waals surface area contributed by atoms with E-state index in [0.29, 0.717) is 23.5 Å². The minimum atomic E-state index is -0.192. The number of thiocarbonyl (C=S) groups is 1. The molecular formula is C29H41FN6S. The van der Waals surface area contributed by atoms with Gasteiger partial charge in [0.2, 0.25) is 5.95 Å². The summed E-state index contributed by atoms with van der Waals surface area (Å²) in [7, 11) is 0. The van der Waals surface area contributed by atoms with Crippen molar-refractivity contribution in [3.63, 3.8) is 0 Å². The van der Waals surface area contributed by atoms with Crippen LogP contribution in [-0.4, -0.2) is 47.8 Å². The van der Waals surface area contributed by atoms with Gasteiger partial charge in [0.15, 0.2) is 5.11 Å². The van der Waals surface area contributed by atoms with Crippen LogP contribution in [-0.2, 0) is 5.41 Å². The van der Waals surface area contributed by atoms with Crippen LogP contribution in [0.1, 0.15) is 76.7 Å². The number of nitrogens with zero attached hydrogens (tertiary/aromatic N) is 4. The van der Waals surface area contributed by atoms with Crippen molar-refractivity contribution in [3.05, 3.63) is 41.7 Å². The zero-order valence-corrected chi connectivity index (χ0v) is 23.0. The van der Waals surface area contributed by atoms with Gasteiger partial charge in [0, 0.05) is 44.2 Å². The van der Waals surface area contributed by atoms with Crippen LogP contribution >= 0.6 is 12.2 Å². The Balaban J connectivity index is 1.32. The number of hydrogen-bond donors (Lipinski definition) is 2. The highest BCUT2D eigenvalue weighted by molar-refractivity contribution is 7.80. The van der Waals surface area contributed by atoms with Gasteiger partial charge in [0.25, 0.3) is 0 Å². The van der Waals surface area contributed by atoms with Crippen molar-refractivity contribution in [3.8, 4) is 0 Å². The SMILES string of the molecule is C[C@@H]1CCCN(c2cc(N3CCCCCC3)nc(NC(=S)NCC3(c4ccc(F)cc4)CCCC3)n2)C1. The molecule has 0 bridgehead atoms. The molecule has 1 aromatic heterocycles. The first kappa shape index (κ1) is 26.1. The molecule has 0 spiro atoms. The molecular weight excluding hydrogens is 483 g/mol. The van der Waals surface area contributed by atoms with Gasteiger partial charge in [-0.3, -0.25) is 0 Å². The van der Waals surface area contributed by atoms with Gasteiger partial charge in [0.1, 0.15) is 17.5 Å². The Morgan fingerprint density at radius 2 is 1.59 bits per heavy atom. The summed E-state index contributed by atoms with van der Waals surface area (Å²) < 4.78 is 13.6. The first-order valence-corrected chi connectivity index (χ1v) is 14.6. The number of nitrogens with one attached hydrogen (secondary N) is 2. The van der Waals surface area contributed by atoms with E-state index in [0.717, 1.165) is 50.7 Å². The summed E-state index contributed by atoms with van der Waals surface area (Å²) in [5, 5.41) is 7.32. The second-order valence-electron chi connectivity index (χ2n) is 11.3. The van der Waals surface area contributed by atoms with E-state index >= 15 is 0 Å². The highest BCUT2D eigenvalue weighted by atomic mass is 32.1. The summed E-state index contributed by atoms with van der Waals surface area (Å²) in [4.78, 5) is 14.7. The maximum absolute atomic E-state index is 13.6. The van der Waals surface area contributed by atoms with Gasteiger partial charge in [-0.1, -0.05) is 44.7 Å². The Morgan fingerprint density at radius 3 is 2.27 bits per heavy atom. The molecule has 1 aliphatic carbocycles. The first-order chi connectivity index (χ1) is 18.0. The van der Waals surface area contributed by atoms with E-state index < -0.39 is 0 Å². The molecule has 5 rings (SSSR count). The summed E-state index contributed by atoms with van der Waals surface area (Å²) in [5.41, 5.74) is 1.16. The second kappa shape index (κ2) is 11.9. The van der Waals surface area contributed by atoms with Crippen LogP contribution in [0.3, 0.4) is 0 Å². The highest BCUT2D eigenvalue weighted by Gasteiger charge is 2.35. The highest BCUT2D eigenvalue weighted by Crippen LogP contribution is 2.40. The number of anilines is 3. The molecule has 3 aliphatic rings. The smallest absolute Gasteiger partial charge is 0.232 e. The Labute approximate surface area is 226 Å². The van der Waals surface area contributed by atoms with Crippen molar-refractivity contribution in [1.29, 1.82) is 0 Å². The summed E-state index contributed by atoms with van der Waals surface area (Å²) in [6.45, 7) is 7.17. The van der Waals surface area contributed by atoms with E-state index in [9.17, 15) is 4.39 Å². The largest absolute Gasteiger partial charge is 0.361 e. The Bertz CT molecular complexity index is 1030. The molecule has 1 aromatic carbocycles. The minimum Gasteiger partial charge on any atom is -0.361 e. The lowest BCUT2D eigenvalue weighted by atomic mass is 9.79. The Hall–Kier alpha value is -2.48. The average molecular weight is 525 g/mol. The molecule has 0 amide bonds. The number of rotatable bonds is 6. The quantitative estimate of drug-likeness (QED) is 0.448. The monoisotopic (exact) mass is 524 g/mol. The summed E-state index contributed by atoms with van der Waals surface area (Å²) >= 11 is 5.74. The molecule has 6 nitrogen and oxygen atoms in total.